The fourth-order valence-corrected chi connectivity index (χ4v) is 1.56. The summed E-state index contributed by atoms with van der Waals surface area (Å²) in [6.45, 7) is 0. The minimum atomic E-state index is -1.25. The molecule has 1 unspecified atom stereocenters. The predicted molar refractivity (Wildman–Crippen MR) is 67.1 cm³/mol. The van der Waals surface area contributed by atoms with Crippen molar-refractivity contribution in [3.05, 3.63) is 42.5 Å². The molecule has 1 amide bonds. The number of carbonyl (C=O) groups is 1. The Morgan fingerprint density at radius 2 is 1.94 bits per heavy atom. The number of azo groups is 1. The van der Waals surface area contributed by atoms with Gasteiger partial charge in [0.15, 0.2) is 0 Å². The van der Waals surface area contributed by atoms with Crippen LogP contribution in [0.15, 0.2) is 52.7 Å². The summed E-state index contributed by atoms with van der Waals surface area (Å²) < 4.78 is 0. The molecule has 88 valence electrons. The van der Waals surface area contributed by atoms with Crippen molar-refractivity contribution in [1.29, 1.82) is 5.26 Å². The van der Waals surface area contributed by atoms with Crippen molar-refractivity contribution in [1.82, 2.24) is 0 Å². The fourth-order valence-electron chi connectivity index (χ4n) is 1.56. The van der Waals surface area contributed by atoms with Gasteiger partial charge in [0.25, 0.3) is 5.91 Å². The Balaban J connectivity index is 2.41. The van der Waals surface area contributed by atoms with Crippen LogP contribution in [0.4, 0.5) is 5.69 Å². The van der Waals surface area contributed by atoms with Crippen LogP contribution < -0.4 is 5.73 Å². The monoisotopic (exact) mass is 238 g/mol. The molecule has 0 spiro atoms. The van der Waals surface area contributed by atoms with Crippen LogP contribution in [0, 0.1) is 11.3 Å². The molecule has 2 rings (SSSR count). The van der Waals surface area contributed by atoms with Crippen molar-refractivity contribution >= 4 is 22.4 Å². The van der Waals surface area contributed by atoms with Gasteiger partial charge in [-0.1, -0.05) is 36.4 Å². The molecule has 5 heteroatoms. The van der Waals surface area contributed by atoms with Crippen molar-refractivity contribution < 1.29 is 4.79 Å². The third-order valence-electron chi connectivity index (χ3n) is 2.44. The molecule has 2 aromatic carbocycles. The Bertz CT molecular complexity index is 652. The van der Waals surface area contributed by atoms with Gasteiger partial charge in [0.1, 0.15) is 6.07 Å². The molecule has 2 N–H and O–H groups in total. The first-order valence-electron chi connectivity index (χ1n) is 5.30. The minimum Gasteiger partial charge on any atom is -0.367 e. The lowest BCUT2D eigenvalue weighted by molar-refractivity contribution is -0.118. The Labute approximate surface area is 104 Å². The number of benzene rings is 2. The van der Waals surface area contributed by atoms with Crippen molar-refractivity contribution in [2.45, 2.75) is 6.04 Å². The highest BCUT2D eigenvalue weighted by Gasteiger charge is 2.12. The maximum Gasteiger partial charge on any atom is 0.258 e. The van der Waals surface area contributed by atoms with E-state index in [1.54, 1.807) is 12.1 Å². The van der Waals surface area contributed by atoms with E-state index in [9.17, 15) is 4.79 Å². The van der Waals surface area contributed by atoms with E-state index >= 15 is 0 Å². The lowest BCUT2D eigenvalue weighted by atomic mass is 10.1. The van der Waals surface area contributed by atoms with Crippen molar-refractivity contribution in [2.75, 3.05) is 0 Å². The molecule has 0 saturated carbocycles. The number of carbonyl (C=O) groups excluding carboxylic acids is 1. The second-order valence-corrected chi connectivity index (χ2v) is 3.65. The third-order valence-corrected chi connectivity index (χ3v) is 2.44. The van der Waals surface area contributed by atoms with Crippen molar-refractivity contribution in [2.24, 2.45) is 16.0 Å². The standard InChI is InChI=1S/C13H10N4O/c14-8-12(13(15)18)17-16-11-7-3-5-9-4-1-2-6-10(9)11/h1-7,12H,(H2,15,18). The lowest BCUT2D eigenvalue weighted by Gasteiger charge is -2.01. The summed E-state index contributed by atoms with van der Waals surface area (Å²) in [4.78, 5) is 10.9. The van der Waals surface area contributed by atoms with Gasteiger partial charge in [-0.2, -0.15) is 15.5 Å². The Kier molecular flexibility index (Phi) is 3.30. The Morgan fingerprint density at radius 1 is 1.22 bits per heavy atom. The molecule has 0 fully saturated rings. The first kappa shape index (κ1) is 11.7. The first-order chi connectivity index (χ1) is 8.72. The van der Waals surface area contributed by atoms with Gasteiger partial charge in [-0.15, -0.1) is 0 Å². The SMILES string of the molecule is N#CC(N=Nc1cccc2ccccc12)C(N)=O. The number of nitrogens with zero attached hydrogens (tertiary/aromatic N) is 3. The molecular formula is C13H10N4O. The number of nitriles is 1. The van der Waals surface area contributed by atoms with Crippen LogP contribution in [0.5, 0.6) is 0 Å². The van der Waals surface area contributed by atoms with Gasteiger partial charge >= 0.3 is 0 Å². The topological polar surface area (TPSA) is 91.6 Å². The molecule has 0 heterocycles. The van der Waals surface area contributed by atoms with Crippen molar-refractivity contribution in [3.63, 3.8) is 0 Å². The van der Waals surface area contributed by atoms with Gasteiger partial charge in [0, 0.05) is 5.39 Å². The van der Waals surface area contributed by atoms with Gasteiger partial charge in [-0.3, -0.25) is 4.79 Å². The zero-order valence-electron chi connectivity index (χ0n) is 9.45. The lowest BCUT2D eigenvalue weighted by Crippen LogP contribution is -2.24. The van der Waals surface area contributed by atoms with Crippen LogP contribution in [-0.2, 0) is 4.79 Å². The summed E-state index contributed by atoms with van der Waals surface area (Å²) in [6.07, 6.45) is 0. The smallest absolute Gasteiger partial charge is 0.258 e. The number of rotatable bonds is 3. The molecule has 5 nitrogen and oxygen atoms in total. The van der Waals surface area contributed by atoms with Crippen LogP contribution in [-0.4, -0.2) is 11.9 Å². The van der Waals surface area contributed by atoms with E-state index in [4.69, 9.17) is 11.0 Å². The fraction of sp³-hybridized carbons (Fsp3) is 0.0769. The van der Waals surface area contributed by atoms with Gasteiger partial charge in [-0.05, 0) is 11.5 Å². The van der Waals surface area contributed by atoms with E-state index in [2.05, 4.69) is 10.2 Å². The molecular weight excluding hydrogens is 228 g/mol. The van der Waals surface area contributed by atoms with Gasteiger partial charge in [0.05, 0.1) is 5.69 Å². The summed E-state index contributed by atoms with van der Waals surface area (Å²) in [5, 5.41) is 18.2. The molecule has 0 aliphatic carbocycles. The van der Waals surface area contributed by atoms with E-state index in [0.717, 1.165) is 10.8 Å². The first-order valence-corrected chi connectivity index (χ1v) is 5.30. The maximum absolute atomic E-state index is 10.9. The van der Waals surface area contributed by atoms with Gasteiger partial charge in [-0.25, -0.2) is 0 Å². The molecule has 0 aliphatic rings. The predicted octanol–water partition coefficient (Wildman–Crippen LogP) is 2.30. The van der Waals surface area contributed by atoms with Gasteiger partial charge in [0.2, 0.25) is 6.04 Å². The summed E-state index contributed by atoms with van der Waals surface area (Å²) in [5.41, 5.74) is 5.61. The normalized spacial score (nSPS) is 12.4. The molecule has 0 bridgehead atoms. The van der Waals surface area contributed by atoms with E-state index < -0.39 is 11.9 Å². The average Bonchev–Trinajstić information content (AvgIpc) is 2.39. The highest BCUT2D eigenvalue weighted by atomic mass is 16.1. The molecule has 0 aliphatic heterocycles. The summed E-state index contributed by atoms with van der Waals surface area (Å²) in [6, 6.07) is 13.6. The Morgan fingerprint density at radius 3 is 2.67 bits per heavy atom. The third kappa shape index (κ3) is 2.33. The summed E-state index contributed by atoms with van der Waals surface area (Å²) in [7, 11) is 0. The average molecular weight is 238 g/mol. The number of primary amides is 1. The Hall–Kier alpha value is -2.74. The van der Waals surface area contributed by atoms with Crippen LogP contribution >= 0.6 is 0 Å². The molecule has 2 aromatic rings. The molecule has 0 aromatic heterocycles. The minimum absolute atomic E-state index is 0.606. The largest absolute Gasteiger partial charge is 0.367 e. The second-order valence-electron chi connectivity index (χ2n) is 3.65. The van der Waals surface area contributed by atoms with E-state index in [-0.39, 0.29) is 0 Å². The number of hydrogen-bond donors (Lipinski definition) is 1. The van der Waals surface area contributed by atoms with E-state index in [1.807, 2.05) is 36.4 Å². The highest BCUT2D eigenvalue weighted by Crippen LogP contribution is 2.25. The molecule has 18 heavy (non-hydrogen) atoms. The van der Waals surface area contributed by atoms with E-state index in [0.29, 0.717) is 5.69 Å². The van der Waals surface area contributed by atoms with Crippen molar-refractivity contribution in [3.8, 4) is 6.07 Å². The quantitative estimate of drug-likeness (QED) is 0.831. The summed E-state index contributed by atoms with van der Waals surface area (Å²) >= 11 is 0. The summed E-state index contributed by atoms with van der Waals surface area (Å²) in [5.74, 6) is -0.804. The number of nitrogens with two attached hydrogens (primary N) is 1. The number of amides is 1. The zero-order valence-corrected chi connectivity index (χ0v) is 9.45. The van der Waals surface area contributed by atoms with Gasteiger partial charge < -0.3 is 5.73 Å². The van der Waals surface area contributed by atoms with E-state index in [1.165, 1.54) is 0 Å². The number of fused-ring (bicyclic) bond motifs is 1. The highest BCUT2D eigenvalue weighted by molar-refractivity contribution is 5.92. The zero-order chi connectivity index (χ0) is 13.0. The second kappa shape index (κ2) is 5.06. The van der Waals surface area contributed by atoms with Crippen LogP contribution in [0.25, 0.3) is 10.8 Å². The van der Waals surface area contributed by atoms with Crippen LogP contribution in [0.3, 0.4) is 0 Å². The van der Waals surface area contributed by atoms with Crippen LogP contribution in [0.2, 0.25) is 0 Å². The maximum atomic E-state index is 10.9. The molecule has 1 atom stereocenters. The van der Waals surface area contributed by atoms with Crippen LogP contribution in [0.1, 0.15) is 0 Å². The molecule has 0 radical (unpaired) electrons. The number of hydrogen-bond acceptors (Lipinski definition) is 4. The molecule has 0 saturated heterocycles.